The quantitative estimate of drug-likeness (QED) is 0.884. The largest absolute Gasteiger partial charge is 0.496 e. The molecule has 0 radical (unpaired) electrons. The summed E-state index contributed by atoms with van der Waals surface area (Å²) >= 11 is 3.41. The third-order valence-corrected chi connectivity index (χ3v) is 4.15. The maximum atomic E-state index is 11.3. The molecule has 5 heteroatoms. The van der Waals surface area contributed by atoms with Crippen LogP contribution in [-0.2, 0) is 0 Å². The Labute approximate surface area is 131 Å². The van der Waals surface area contributed by atoms with Gasteiger partial charge in [-0.25, -0.2) is 4.79 Å². The lowest BCUT2D eigenvalue weighted by Crippen LogP contribution is -2.09. The Bertz CT molecular complexity index is 682. The Morgan fingerprint density at radius 3 is 2.52 bits per heavy atom. The summed E-state index contributed by atoms with van der Waals surface area (Å²) in [7, 11) is 1.52. The molecule has 2 aromatic carbocycles. The second-order valence-electron chi connectivity index (χ2n) is 4.64. The number of carboxylic acid groups (broad SMARTS) is 1. The number of aryl methyl sites for hydroxylation is 1. The zero-order chi connectivity index (χ0) is 15.6. The van der Waals surface area contributed by atoms with Crippen molar-refractivity contribution in [2.45, 2.75) is 13.0 Å². The first kappa shape index (κ1) is 15.5. The van der Waals surface area contributed by atoms with Crippen LogP contribution in [-0.4, -0.2) is 23.3 Å². The number of aliphatic hydroxyl groups excluding tert-OH is 1. The minimum absolute atomic E-state index is 0.0729. The lowest BCUT2D eigenvalue weighted by Gasteiger charge is -2.18. The van der Waals surface area contributed by atoms with Gasteiger partial charge < -0.3 is 14.9 Å². The lowest BCUT2D eigenvalue weighted by atomic mass is 9.95. The number of aromatic carboxylic acids is 1. The number of hydrogen-bond donors (Lipinski definition) is 2. The number of ether oxygens (including phenoxy) is 1. The minimum atomic E-state index is -1.08. The summed E-state index contributed by atoms with van der Waals surface area (Å²) in [5.74, 6) is -0.557. The van der Waals surface area contributed by atoms with Crippen molar-refractivity contribution in [3.05, 3.63) is 63.1 Å². The molecule has 0 aliphatic rings. The van der Waals surface area contributed by atoms with Crippen LogP contribution in [0.1, 0.15) is 33.2 Å². The van der Waals surface area contributed by atoms with E-state index in [1.807, 2.05) is 6.92 Å². The first-order chi connectivity index (χ1) is 9.95. The number of carbonyl (C=O) groups is 1. The molecule has 0 aliphatic heterocycles. The van der Waals surface area contributed by atoms with Crippen molar-refractivity contribution in [3.63, 3.8) is 0 Å². The van der Waals surface area contributed by atoms with Gasteiger partial charge in [0.05, 0.1) is 12.7 Å². The fourth-order valence-corrected chi connectivity index (χ4v) is 2.52. The molecular formula is C16H15BrO4. The van der Waals surface area contributed by atoms with Gasteiger partial charge in [0, 0.05) is 10.0 Å². The number of halogens is 1. The summed E-state index contributed by atoms with van der Waals surface area (Å²) in [6, 6.07) is 9.93. The van der Waals surface area contributed by atoms with Gasteiger partial charge in [-0.05, 0) is 36.2 Å². The molecule has 110 valence electrons. The molecule has 0 saturated heterocycles. The van der Waals surface area contributed by atoms with E-state index in [0.29, 0.717) is 16.9 Å². The highest BCUT2D eigenvalue weighted by Gasteiger charge is 2.21. The molecule has 21 heavy (non-hydrogen) atoms. The molecule has 0 aliphatic carbocycles. The van der Waals surface area contributed by atoms with Crippen molar-refractivity contribution in [2.75, 3.05) is 7.11 Å². The van der Waals surface area contributed by atoms with Crippen molar-refractivity contribution >= 4 is 21.9 Å². The SMILES string of the molecule is COc1cc(C)c(Br)cc1C(O)c1ccccc1C(=O)O. The second-order valence-corrected chi connectivity index (χ2v) is 5.49. The number of hydrogen-bond acceptors (Lipinski definition) is 3. The zero-order valence-corrected chi connectivity index (χ0v) is 13.2. The van der Waals surface area contributed by atoms with E-state index in [9.17, 15) is 15.0 Å². The van der Waals surface area contributed by atoms with Gasteiger partial charge >= 0.3 is 5.97 Å². The van der Waals surface area contributed by atoms with Crippen LogP contribution in [0.25, 0.3) is 0 Å². The minimum Gasteiger partial charge on any atom is -0.496 e. The molecule has 0 bridgehead atoms. The first-order valence-corrected chi connectivity index (χ1v) is 7.09. The number of aliphatic hydroxyl groups is 1. The van der Waals surface area contributed by atoms with Crippen LogP contribution in [0, 0.1) is 6.92 Å². The van der Waals surface area contributed by atoms with E-state index in [2.05, 4.69) is 15.9 Å². The molecule has 1 atom stereocenters. The second kappa shape index (κ2) is 6.28. The van der Waals surface area contributed by atoms with Gasteiger partial charge in [0.2, 0.25) is 0 Å². The highest BCUT2D eigenvalue weighted by Crippen LogP contribution is 2.35. The smallest absolute Gasteiger partial charge is 0.336 e. The summed E-state index contributed by atoms with van der Waals surface area (Å²) in [6.45, 7) is 1.91. The van der Waals surface area contributed by atoms with Crippen molar-refractivity contribution in [1.82, 2.24) is 0 Å². The summed E-state index contributed by atoms with van der Waals surface area (Å²) in [5, 5.41) is 19.8. The maximum Gasteiger partial charge on any atom is 0.336 e. The Kier molecular flexibility index (Phi) is 4.65. The number of methoxy groups -OCH3 is 1. The average Bonchev–Trinajstić information content (AvgIpc) is 2.48. The van der Waals surface area contributed by atoms with E-state index < -0.39 is 12.1 Å². The molecule has 0 fully saturated rings. The van der Waals surface area contributed by atoms with Gasteiger partial charge in [-0.15, -0.1) is 0 Å². The van der Waals surface area contributed by atoms with Gasteiger partial charge in [-0.1, -0.05) is 34.1 Å². The Morgan fingerprint density at radius 2 is 1.90 bits per heavy atom. The van der Waals surface area contributed by atoms with Crippen molar-refractivity contribution < 1.29 is 19.7 Å². The number of carboxylic acids is 1. The van der Waals surface area contributed by atoms with Crippen LogP contribution < -0.4 is 4.74 Å². The Morgan fingerprint density at radius 1 is 1.24 bits per heavy atom. The summed E-state index contributed by atoms with van der Waals surface area (Å²) in [4.78, 5) is 11.3. The first-order valence-electron chi connectivity index (χ1n) is 6.30. The van der Waals surface area contributed by atoms with Gasteiger partial charge in [0.25, 0.3) is 0 Å². The molecule has 0 saturated carbocycles. The third kappa shape index (κ3) is 3.09. The standard InChI is InChI=1S/C16H15BrO4/c1-9-7-14(21-2)12(8-13(9)17)15(18)10-5-3-4-6-11(10)16(19)20/h3-8,15,18H,1-2H3,(H,19,20). The molecule has 1 unspecified atom stereocenters. The van der Waals surface area contributed by atoms with Crippen molar-refractivity contribution in [2.24, 2.45) is 0 Å². The van der Waals surface area contributed by atoms with E-state index in [1.165, 1.54) is 13.2 Å². The predicted molar refractivity (Wildman–Crippen MR) is 82.9 cm³/mol. The van der Waals surface area contributed by atoms with Crippen LogP contribution in [0.5, 0.6) is 5.75 Å². The average molecular weight is 351 g/mol. The van der Waals surface area contributed by atoms with Gasteiger partial charge in [0.15, 0.2) is 0 Å². The van der Waals surface area contributed by atoms with Gasteiger partial charge in [-0.3, -0.25) is 0 Å². The molecular weight excluding hydrogens is 336 g/mol. The number of benzene rings is 2. The molecule has 0 amide bonds. The summed E-state index contributed by atoms with van der Waals surface area (Å²) < 4.78 is 6.12. The Balaban J connectivity index is 2.57. The highest BCUT2D eigenvalue weighted by molar-refractivity contribution is 9.10. The molecule has 2 N–H and O–H groups in total. The van der Waals surface area contributed by atoms with Crippen LogP contribution >= 0.6 is 15.9 Å². The maximum absolute atomic E-state index is 11.3. The van der Waals surface area contributed by atoms with Crippen LogP contribution in [0.4, 0.5) is 0 Å². The molecule has 0 heterocycles. The zero-order valence-electron chi connectivity index (χ0n) is 11.6. The summed E-state index contributed by atoms with van der Waals surface area (Å²) in [5.41, 5.74) is 1.89. The highest BCUT2D eigenvalue weighted by atomic mass is 79.9. The van der Waals surface area contributed by atoms with E-state index in [4.69, 9.17) is 4.74 Å². The van der Waals surface area contributed by atoms with Gasteiger partial charge in [-0.2, -0.15) is 0 Å². The molecule has 2 aromatic rings. The number of rotatable bonds is 4. The van der Waals surface area contributed by atoms with Crippen molar-refractivity contribution in [1.29, 1.82) is 0 Å². The fraction of sp³-hybridized carbons (Fsp3) is 0.188. The van der Waals surface area contributed by atoms with E-state index in [-0.39, 0.29) is 5.56 Å². The summed E-state index contributed by atoms with van der Waals surface area (Å²) in [6.07, 6.45) is -1.08. The Hall–Kier alpha value is -1.85. The van der Waals surface area contributed by atoms with Crippen LogP contribution in [0.3, 0.4) is 0 Å². The third-order valence-electron chi connectivity index (χ3n) is 3.29. The van der Waals surface area contributed by atoms with Gasteiger partial charge in [0.1, 0.15) is 11.9 Å². The van der Waals surface area contributed by atoms with E-state index in [0.717, 1.165) is 10.0 Å². The van der Waals surface area contributed by atoms with Crippen LogP contribution in [0.15, 0.2) is 40.9 Å². The molecule has 0 spiro atoms. The fourth-order valence-electron chi connectivity index (χ4n) is 2.16. The lowest BCUT2D eigenvalue weighted by molar-refractivity contribution is 0.0691. The topological polar surface area (TPSA) is 66.8 Å². The molecule has 4 nitrogen and oxygen atoms in total. The molecule has 0 aromatic heterocycles. The normalized spacial score (nSPS) is 12.0. The van der Waals surface area contributed by atoms with Crippen molar-refractivity contribution in [3.8, 4) is 5.75 Å². The van der Waals surface area contributed by atoms with Crippen LogP contribution in [0.2, 0.25) is 0 Å². The van der Waals surface area contributed by atoms with E-state index in [1.54, 1.807) is 30.3 Å². The van der Waals surface area contributed by atoms with E-state index >= 15 is 0 Å². The predicted octanol–water partition coefficient (Wildman–Crippen LogP) is 3.55. The molecule has 2 rings (SSSR count). The monoisotopic (exact) mass is 350 g/mol.